The van der Waals surface area contributed by atoms with Crippen molar-refractivity contribution in [1.29, 1.82) is 0 Å². The topological polar surface area (TPSA) is 102 Å². The lowest BCUT2D eigenvalue weighted by Gasteiger charge is -2.03. The van der Waals surface area contributed by atoms with Gasteiger partial charge < -0.3 is 11.1 Å². The number of rotatable bonds is 2. The molecular formula is C9H12N6O. The number of hydrogen-bond donors (Lipinski definition) is 3. The van der Waals surface area contributed by atoms with Gasteiger partial charge in [0.1, 0.15) is 5.69 Å². The second kappa shape index (κ2) is 3.69. The lowest BCUT2D eigenvalue weighted by atomic mass is 10.3. The van der Waals surface area contributed by atoms with Crippen LogP contribution in [0, 0.1) is 6.92 Å². The van der Waals surface area contributed by atoms with Crippen LogP contribution in [0.2, 0.25) is 0 Å². The fourth-order valence-corrected chi connectivity index (χ4v) is 1.40. The van der Waals surface area contributed by atoms with Gasteiger partial charge >= 0.3 is 0 Å². The number of anilines is 2. The zero-order valence-corrected chi connectivity index (χ0v) is 8.98. The number of nitrogens with one attached hydrogen (secondary N) is 2. The first kappa shape index (κ1) is 10.2. The van der Waals surface area contributed by atoms with Crippen LogP contribution < -0.4 is 11.1 Å². The molecule has 0 unspecified atom stereocenters. The molecule has 0 saturated heterocycles. The summed E-state index contributed by atoms with van der Waals surface area (Å²) < 4.78 is 1.51. The predicted molar refractivity (Wildman–Crippen MR) is 58.9 cm³/mol. The van der Waals surface area contributed by atoms with Crippen molar-refractivity contribution in [2.24, 2.45) is 7.05 Å². The van der Waals surface area contributed by atoms with E-state index in [1.807, 2.05) is 6.92 Å². The number of H-pyrrole nitrogens is 1. The monoisotopic (exact) mass is 220 g/mol. The Morgan fingerprint density at radius 2 is 2.38 bits per heavy atom. The Bertz CT molecular complexity index is 526. The summed E-state index contributed by atoms with van der Waals surface area (Å²) in [6, 6.07) is 1.70. The molecule has 4 N–H and O–H groups in total. The van der Waals surface area contributed by atoms with Gasteiger partial charge in [-0.15, -0.1) is 0 Å². The molecule has 0 aromatic carbocycles. The summed E-state index contributed by atoms with van der Waals surface area (Å²) in [5.41, 5.74) is 7.22. The molecule has 2 heterocycles. The molecule has 0 spiro atoms. The van der Waals surface area contributed by atoms with E-state index >= 15 is 0 Å². The number of aryl methyl sites for hydroxylation is 2. The van der Waals surface area contributed by atoms with Crippen molar-refractivity contribution >= 4 is 17.4 Å². The number of carbonyl (C=O) groups is 1. The molecule has 2 aromatic rings. The molecule has 0 aliphatic carbocycles. The number of amides is 1. The van der Waals surface area contributed by atoms with Gasteiger partial charge in [-0.05, 0) is 13.0 Å². The molecule has 0 fully saturated rings. The highest BCUT2D eigenvalue weighted by molar-refractivity contribution is 6.03. The number of hydrogen-bond acceptors (Lipinski definition) is 4. The summed E-state index contributed by atoms with van der Waals surface area (Å²) in [4.78, 5) is 11.8. The quantitative estimate of drug-likeness (QED) is 0.676. The molecule has 0 atom stereocenters. The van der Waals surface area contributed by atoms with Crippen LogP contribution in [-0.4, -0.2) is 25.9 Å². The van der Waals surface area contributed by atoms with Gasteiger partial charge in [0.2, 0.25) is 0 Å². The maximum Gasteiger partial charge on any atom is 0.275 e. The Balaban J connectivity index is 2.21. The molecule has 16 heavy (non-hydrogen) atoms. The van der Waals surface area contributed by atoms with Crippen molar-refractivity contribution in [2.45, 2.75) is 6.92 Å². The van der Waals surface area contributed by atoms with Crippen LogP contribution >= 0.6 is 0 Å². The largest absolute Gasteiger partial charge is 0.394 e. The number of nitrogens with zero attached hydrogens (tertiary/aromatic N) is 3. The first-order valence-electron chi connectivity index (χ1n) is 4.69. The van der Waals surface area contributed by atoms with E-state index in [0.29, 0.717) is 17.2 Å². The Morgan fingerprint density at radius 1 is 1.62 bits per heavy atom. The van der Waals surface area contributed by atoms with Crippen LogP contribution in [0.5, 0.6) is 0 Å². The molecule has 7 nitrogen and oxygen atoms in total. The van der Waals surface area contributed by atoms with Crippen LogP contribution in [0.4, 0.5) is 11.5 Å². The van der Waals surface area contributed by atoms with E-state index in [-0.39, 0.29) is 5.91 Å². The van der Waals surface area contributed by atoms with Crippen molar-refractivity contribution in [3.8, 4) is 0 Å². The minimum atomic E-state index is -0.279. The van der Waals surface area contributed by atoms with Crippen molar-refractivity contribution in [3.63, 3.8) is 0 Å². The summed E-state index contributed by atoms with van der Waals surface area (Å²) in [5, 5.41) is 13.0. The molecule has 7 heteroatoms. The second-order valence-electron chi connectivity index (χ2n) is 3.45. The van der Waals surface area contributed by atoms with Crippen molar-refractivity contribution in [3.05, 3.63) is 23.7 Å². The molecule has 0 aliphatic heterocycles. The zero-order chi connectivity index (χ0) is 11.7. The third-order valence-corrected chi connectivity index (χ3v) is 2.14. The van der Waals surface area contributed by atoms with E-state index < -0.39 is 0 Å². The van der Waals surface area contributed by atoms with Gasteiger partial charge in [-0.2, -0.15) is 10.2 Å². The Morgan fingerprint density at radius 3 is 2.88 bits per heavy atom. The summed E-state index contributed by atoms with van der Waals surface area (Å²) >= 11 is 0. The first-order chi connectivity index (χ1) is 7.58. The smallest absolute Gasteiger partial charge is 0.275 e. The van der Waals surface area contributed by atoms with Crippen LogP contribution in [0.1, 0.15) is 16.2 Å². The number of nitrogens with two attached hydrogens (primary N) is 1. The van der Waals surface area contributed by atoms with Crippen LogP contribution in [-0.2, 0) is 7.05 Å². The minimum Gasteiger partial charge on any atom is -0.394 e. The Kier molecular flexibility index (Phi) is 2.35. The Labute approximate surface area is 91.6 Å². The number of aromatic nitrogens is 4. The first-order valence-corrected chi connectivity index (χ1v) is 4.69. The second-order valence-corrected chi connectivity index (χ2v) is 3.45. The van der Waals surface area contributed by atoms with Gasteiger partial charge in [-0.3, -0.25) is 14.6 Å². The average Bonchev–Trinajstić information content (AvgIpc) is 2.74. The van der Waals surface area contributed by atoms with Crippen LogP contribution in [0.3, 0.4) is 0 Å². The molecule has 1 amide bonds. The maximum atomic E-state index is 11.8. The normalized spacial score (nSPS) is 10.4. The van der Waals surface area contributed by atoms with Crippen LogP contribution in [0.15, 0.2) is 12.3 Å². The highest BCUT2D eigenvalue weighted by Gasteiger charge is 2.13. The summed E-state index contributed by atoms with van der Waals surface area (Å²) in [6.07, 6.45) is 1.43. The number of aromatic amines is 1. The van der Waals surface area contributed by atoms with Crippen molar-refractivity contribution < 1.29 is 4.79 Å². The molecule has 2 aromatic heterocycles. The third-order valence-electron chi connectivity index (χ3n) is 2.14. The van der Waals surface area contributed by atoms with Gasteiger partial charge in [0.15, 0.2) is 5.82 Å². The number of nitrogen functional groups attached to an aromatic ring is 1. The van der Waals surface area contributed by atoms with E-state index in [0.717, 1.165) is 5.69 Å². The number of carbonyl (C=O) groups excluding carboxylic acids is 1. The average molecular weight is 220 g/mol. The third kappa shape index (κ3) is 1.74. The van der Waals surface area contributed by atoms with E-state index in [1.54, 1.807) is 13.1 Å². The fourth-order valence-electron chi connectivity index (χ4n) is 1.40. The lowest BCUT2D eigenvalue weighted by Crippen LogP contribution is -2.17. The minimum absolute atomic E-state index is 0.279. The van der Waals surface area contributed by atoms with Gasteiger partial charge in [0.25, 0.3) is 5.91 Å². The summed E-state index contributed by atoms with van der Waals surface area (Å²) in [5.74, 6) is 0.114. The van der Waals surface area contributed by atoms with E-state index in [1.165, 1.54) is 10.9 Å². The van der Waals surface area contributed by atoms with Crippen LogP contribution in [0.25, 0.3) is 0 Å². The molecule has 2 rings (SSSR count). The molecule has 0 radical (unpaired) electrons. The fraction of sp³-hybridized carbons (Fsp3) is 0.222. The zero-order valence-electron chi connectivity index (χ0n) is 8.98. The molecule has 0 bridgehead atoms. The van der Waals surface area contributed by atoms with Gasteiger partial charge in [-0.1, -0.05) is 0 Å². The maximum absolute atomic E-state index is 11.8. The Hall–Kier alpha value is -2.31. The molecule has 84 valence electrons. The van der Waals surface area contributed by atoms with Gasteiger partial charge in [-0.25, -0.2) is 0 Å². The highest BCUT2D eigenvalue weighted by Crippen LogP contribution is 2.13. The predicted octanol–water partition coefficient (Wildman–Crippen LogP) is 0.286. The van der Waals surface area contributed by atoms with Gasteiger partial charge in [0, 0.05) is 7.05 Å². The lowest BCUT2D eigenvalue weighted by molar-refractivity contribution is 0.101. The van der Waals surface area contributed by atoms with Gasteiger partial charge in [0.05, 0.1) is 17.6 Å². The van der Waals surface area contributed by atoms with E-state index in [2.05, 4.69) is 20.6 Å². The SMILES string of the molecule is Cc1cc(C(=O)Nc2[nH]ncc2N)n(C)n1. The van der Waals surface area contributed by atoms with Crippen molar-refractivity contribution in [2.75, 3.05) is 11.1 Å². The molecule has 0 aliphatic rings. The standard InChI is InChI=1S/C9H12N6O/c1-5-3-7(15(2)14-5)9(16)12-8-6(10)4-11-13-8/h3-4H,10H2,1-2H3,(H2,11,12,13,16). The highest BCUT2D eigenvalue weighted by atomic mass is 16.2. The van der Waals surface area contributed by atoms with Crippen molar-refractivity contribution in [1.82, 2.24) is 20.0 Å². The van der Waals surface area contributed by atoms with E-state index in [9.17, 15) is 4.79 Å². The summed E-state index contributed by atoms with van der Waals surface area (Å²) in [7, 11) is 1.71. The molecular weight excluding hydrogens is 208 g/mol. The molecule has 0 saturated carbocycles. The summed E-state index contributed by atoms with van der Waals surface area (Å²) in [6.45, 7) is 1.82. The van der Waals surface area contributed by atoms with E-state index in [4.69, 9.17) is 5.73 Å².